The third kappa shape index (κ3) is 6.51. The maximum Gasteiger partial charge on any atom is 0.341 e. The second-order valence-electron chi connectivity index (χ2n) is 10.6. The molecule has 0 aliphatic heterocycles. The quantitative estimate of drug-likeness (QED) is 0.157. The van der Waals surface area contributed by atoms with Gasteiger partial charge in [-0.25, -0.2) is 26.7 Å². The van der Waals surface area contributed by atoms with Gasteiger partial charge in [0, 0.05) is 5.56 Å². The van der Waals surface area contributed by atoms with Crippen LogP contribution in [0.3, 0.4) is 0 Å². The summed E-state index contributed by atoms with van der Waals surface area (Å²) < 4.78 is 71.7. The summed E-state index contributed by atoms with van der Waals surface area (Å²) in [4.78, 5) is 11.5. The summed E-state index contributed by atoms with van der Waals surface area (Å²) in [6, 6.07) is 9.07. The van der Waals surface area contributed by atoms with Crippen molar-refractivity contribution < 1.29 is 31.9 Å². The largest absolute Gasteiger partial charge is 0.477 e. The monoisotopic (exact) mass is 544 g/mol. The maximum absolute atomic E-state index is 15.4. The first-order valence-electron chi connectivity index (χ1n) is 13.7. The second-order valence-corrected chi connectivity index (χ2v) is 10.6. The van der Waals surface area contributed by atoms with Crippen LogP contribution in [-0.4, -0.2) is 11.1 Å². The predicted octanol–water partition coefficient (Wildman–Crippen LogP) is 10.0. The van der Waals surface area contributed by atoms with E-state index >= 15 is 4.39 Å². The number of aromatic carboxylic acids is 1. The number of hydrogen-bond acceptors (Lipinski definition) is 1. The lowest BCUT2D eigenvalue weighted by atomic mass is 9.77. The molecule has 1 aliphatic rings. The van der Waals surface area contributed by atoms with Gasteiger partial charge < -0.3 is 5.11 Å². The average Bonchev–Trinajstić information content (AvgIpc) is 2.91. The fraction of sp³-hybridized carbons (Fsp3) is 0.406. The first kappa shape index (κ1) is 28.8. The molecule has 0 radical (unpaired) electrons. The lowest BCUT2D eigenvalue weighted by molar-refractivity contribution is 0.0686. The Hall–Kier alpha value is -3.22. The Morgan fingerprint density at radius 2 is 1.38 bits per heavy atom. The van der Waals surface area contributed by atoms with Crippen molar-refractivity contribution in [1.82, 2.24) is 0 Å². The van der Waals surface area contributed by atoms with E-state index in [4.69, 9.17) is 0 Å². The van der Waals surface area contributed by atoms with Gasteiger partial charge in [0.15, 0.2) is 17.5 Å². The number of unbranched alkanes of at least 4 members (excludes halogenated alkanes) is 4. The van der Waals surface area contributed by atoms with Gasteiger partial charge in [0.25, 0.3) is 0 Å². The molecule has 0 bridgehead atoms. The van der Waals surface area contributed by atoms with E-state index in [1.165, 1.54) is 51.4 Å². The Kier molecular flexibility index (Phi) is 9.41. The van der Waals surface area contributed by atoms with Crippen LogP contribution >= 0.6 is 0 Å². The molecule has 4 rings (SSSR count). The summed E-state index contributed by atoms with van der Waals surface area (Å²) in [5.41, 5.74) is -0.841. The summed E-state index contributed by atoms with van der Waals surface area (Å²) in [7, 11) is 0. The number of carboxylic acid groups (broad SMARTS) is 1. The van der Waals surface area contributed by atoms with Crippen LogP contribution in [0.4, 0.5) is 22.0 Å². The number of rotatable bonds is 10. The molecule has 3 aromatic rings. The molecule has 208 valence electrons. The highest BCUT2D eigenvalue weighted by atomic mass is 19.2. The Labute approximate surface area is 225 Å². The highest BCUT2D eigenvalue weighted by molar-refractivity contribution is 5.94. The third-order valence-corrected chi connectivity index (χ3v) is 7.96. The number of halogens is 5. The number of benzene rings is 3. The molecule has 0 aromatic heterocycles. The minimum Gasteiger partial charge on any atom is -0.477 e. The number of hydrogen-bond donors (Lipinski definition) is 1. The molecule has 0 unspecified atom stereocenters. The van der Waals surface area contributed by atoms with Gasteiger partial charge in [0.05, 0.1) is 0 Å². The molecular formula is C32H33F5O2. The summed E-state index contributed by atoms with van der Waals surface area (Å²) in [6.07, 6.45) is 12.1. The minimum absolute atomic E-state index is 0.0845. The van der Waals surface area contributed by atoms with Crippen LogP contribution in [0.2, 0.25) is 0 Å². The van der Waals surface area contributed by atoms with Crippen molar-refractivity contribution in [3.05, 3.63) is 82.7 Å². The molecule has 39 heavy (non-hydrogen) atoms. The lowest BCUT2D eigenvalue weighted by Crippen LogP contribution is -2.13. The van der Waals surface area contributed by atoms with E-state index in [0.29, 0.717) is 23.6 Å². The van der Waals surface area contributed by atoms with E-state index in [9.17, 15) is 27.5 Å². The lowest BCUT2D eigenvalue weighted by Gasteiger charge is -2.29. The standard InChI is InChI=1S/C32H33F5O2/c1-2-3-4-5-6-7-19-8-10-20(11-9-19)21-12-14-22(15-13-21)24-18-25(33)29(32(38)39)31(37)28(24)23-16-26(34)30(36)27(35)17-23/h12-20H,2-11H2,1H3,(H,38,39). The zero-order chi connectivity index (χ0) is 28.1. The van der Waals surface area contributed by atoms with Crippen molar-refractivity contribution in [2.75, 3.05) is 0 Å². The molecule has 1 saturated carbocycles. The van der Waals surface area contributed by atoms with Crippen LogP contribution in [0.25, 0.3) is 22.3 Å². The average molecular weight is 545 g/mol. The van der Waals surface area contributed by atoms with E-state index in [0.717, 1.165) is 30.4 Å². The van der Waals surface area contributed by atoms with E-state index in [1.807, 2.05) is 12.1 Å². The summed E-state index contributed by atoms with van der Waals surface area (Å²) in [5, 5.41) is 9.33. The summed E-state index contributed by atoms with van der Waals surface area (Å²) in [6.45, 7) is 2.21. The number of carboxylic acids is 1. The van der Waals surface area contributed by atoms with Crippen LogP contribution in [0.1, 0.15) is 93.0 Å². The molecule has 0 spiro atoms. The molecule has 2 nitrogen and oxygen atoms in total. The van der Waals surface area contributed by atoms with Gasteiger partial charge in [-0.3, -0.25) is 0 Å². The van der Waals surface area contributed by atoms with Crippen LogP contribution < -0.4 is 0 Å². The first-order valence-corrected chi connectivity index (χ1v) is 13.7. The molecule has 1 fully saturated rings. The van der Waals surface area contributed by atoms with Gasteiger partial charge in [0.1, 0.15) is 17.2 Å². The fourth-order valence-electron chi connectivity index (χ4n) is 5.78. The summed E-state index contributed by atoms with van der Waals surface area (Å²) >= 11 is 0. The molecule has 3 aromatic carbocycles. The topological polar surface area (TPSA) is 37.3 Å². The fourth-order valence-corrected chi connectivity index (χ4v) is 5.78. The highest BCUT2D eigenvalue weighted by Gasteiger charge is 2.27. The molecule has 1 aliphatic carbocycles. The van der Waals surface area contributed by atoms with Crippen molar-refractivity contribution in [1.29, 1.82) is 0 Å². The predicted molar refractivity (Wildman–Crippen MR) is 142 cm³/mol. The first-order chi connectivity index (χ1) is 18.7. The third-order valence-electron chi connectivity index (χ3n) is 7.96. The Balaban J connectivity index is 1.58. The van der Waals surface area contributed by atoms with E-state index in [2.05, 4.69) is 6.92 Å². The normalized spacial score (nSPS) is 17.4. The second kappa shape index (κ2) is 12.8. The molecule has 0 heterocycles. The zero-order valence-corrected chi connectivity index (χ0v) is 22.0. The van der Waals surface area contributed by atoms with Crippen molar-refractivity contribution in [3.8, 4) is 22.3 Å². The van der Waals surface area contributed by atoms with Crippen LogP contribution in [-0.2, 0) is 0 Å². The molecule has 0 atom stereocenters. The van der Waals surface area contributed by atoms with Crippen LogP contribution in [0.15, 0.2) is 42.5 Å². The van der Waals surface area contributed by atoms with E-state index in [1.54, 1.807) is 12.1 Å². The van der Waals surface area contributed by atoms with Gasteiger partial charge in [-0.05, 0) is 78.0 Å². The minimum atomic E-state index is -1.87. The molecule has 1 N–H and O–H groups in total. The van der Waals surface area contributed by atoms with E-state index in [-0.39, 0.29) is 5.56 Å². The Morgan fingerprint density at radius 3 is 1.97 bits per heavy atom. The maximum atomic E-state index is 15.4. The smallest absolute Gasteiger partial charge is 0.341 e. The molecule has 7 heteroatoms. The number of carbonyl (C=O) groups is 1. The van der Waals surface area contributed by atoms with Gasteiger partial charge in [-0.15, -0.1) is 0 Å². The van der Waals surface area contributed by atoms with Crippen molar-refractivity contribution in [2.45, 2.75) is 77.0 Å². The van der Waals surface area contributed by atoms with Crippen LogP contribution in [0, 0.1) is 35.0 Å². The van der Waals surface area contributed by atoms with Gasteiger partial charge in [0.2, 0.25) is 0 Å². The Bertz CT molecular complexity index is 1290. The summed E-state index contributed by atoms with van der Waals surface area (Å²) in [5.74, 6) is -8.42. The molecule has 0 saturated heterocycles. The van der Waals surface area contributed by atoms with Gasteiger partial charge in [-0.2, -0.15) is 0 Å². The molecule has 0 amide bonds. The SMILES string of the molecule is CCCCCCCC1CCC(c2ccc(-c3cc(F)c(C(=O)O)c(F)c3-c3cc(F)c(F)c(F)c3)cc2)CC1. The van der Waals surface area contributed by atoms with Crippen molar-refractivity contribution in [2.24, 2.45) is 5.92 Å². The molecular weight excluding hydrogens is 511 g/mol. The van der Waals surface area contributed by atoms with Crippen molar-refractivity contribution in [3.63, 3.8) is 0 Å². The van der Waals surface area contributed by atoms with Crippen LogP contribution in [0.5, 0.6) is 0 Å². The van der Waals surface area contributed by atoms with E-state index < -0.39 is 51.7 Å². The van der Waals surface area contributed by atoms with Gasteiger partial charge in [-0.1, -0.05) is 69.7 Å². The van der Waals surface area contributed by atoms with Crippen molar-refractivity contribution >= 4 is 5.97 Å². The highest BCUT2D eigenvalue weighted by Crippen LogP contribution is 2.41. The zero-order valence-electron chi connectivity index (χ0n) is 22.0. The Morgan fingerprint density at radius 1 is 0.769 bits per heavy atom. The van der Waals surface area contributed by atoms with Gasteiger partial charge >= 0.3 is 5.97 Å².